The molecule has 0 aliphatic carbocycles. The van der Waals surface area contributed by atoms with Gasteiger partial charge in [0.25, 0.3) is 10.0 Å². The summed E-state index contributed by atoms with van der Waals surface area (Å²) in [7, 11) is -3.75. The van der Waals surface area contributed by atoms with Crippen LogP contribution in [0.5, 0.6) is 5.88 Å². The van der Waals surface area contributed by atoms with E-state index in [9.17, 15) is 13.2 Å². The number of hydrogen-bond acceptors (Lipinski definition) is 8. The Morgan fingerprint density at radius 1 is 1.06 bits per heavy atom. The first-order valence-corrected chi connectivity index (χ1v) is 12.9. The number of sulfonamides is 1. The van der Waals surface area contributed by atoms with Gasteiger partial charge in [0.1, 0.15) is 12.4 Å². The van der Waals surface area contributed by atoms with Crippen LogP contribution in [0.25, 0.3) is 22.3 Å². The standard InChI is InChI=1S/C25H24N6O4S/c1-17(32)31-11-9-20(10-12-31)35-25-24-23(27-16-28-25)8-7-22(29-24)18-13-19(15-26-14-18)30-36(33,34)21-5-3-2-4-6-21/h2-8,13-16,20,30H,9-12H2,1H3. The normalized spacial score (nSPS) is 14.5. The lowest BCUT2D eigenvalue weighted by atomic mass is 10.1. The van der Waals surface area contributed by atoms with E-state index in [-0.39, 0.29) is 16.9 Å². The highest BCUT2D eigenvalue weighted by Crippen LogP contribution is 2.28. The first-order chi connectivity index (χ1) is 17.4. The number of aromatic nitrogens is 4. The van der Waals surface area contributed by atoms with Gasteiger partial charge in [-0.2, -0.15) is 4.98 Å². The van der Waals surface area contributed by atoms with Gasteiger partial charge < -0.3 is 9.64 Å². The van der Waals surface area contributed by atoms with Gasteiger partial charge in [-0.1, -0.05) is 18.2 Å². The third-order valence-corrected chi connectivity index (χ3v) is 7.35. The average Bonchev–Trinajstić information content (AvgIpc) is 2.89. The monoisotopic (exact) mass is 504 g/mol. The van der Waals surface area contributed by atoms with Crippen LogP contribution in [0.15, 0.2) is 72.1 Å². The van der Waals surface area contributed by atoms with Crippen molar-refractivity contribution in [1.82, 2.24) is 24.8 Å². The maximum absolute atomic E-state index is 12.7. The predicted molar refractivity (Wildman–Crippen MR) is 134 cm³/mol. The lowest BCUT2D eigenvalue weighted by molar-refractivity contribution is -0.130. The smallest absolute Gasteiger partial charge is 0.261 e. The Balaban J connectivity index is 1.40. The summed E-state index contributed by atoms with van der Waals surface area (Å²) in [6.45, 7) is 2.85. The van der Waals surface area contributed by atoms with Crippen molar-refractivity contribution in [3.63, 3.8) is 0 Å². The minimum absolute atomic E-state index is 0.0640. The van der Waals surface area contributed by atoms with E-state index in [1.807, 2.05) is 6.07 Å². The Morgan fingerprint density at radius 3 is 2.58 bits per heavy atom. The molecule has 1 saturated heterocycles. The van der Waals surface area contributed by atoms with Crippen molar-refractivity contribution < 1.29 is 17.9 Å². The van der Waals surface area contributed by atoms with Crippen molar-refractivity contribution in [1.29, 1.82) is 0 Å². The van der Waals surface area contributed by atoms with Crippen LogP contribution >= 0.6 is 0 Å². The van der Waals surface area contributed by atoms with Crippen LogP contribution in [0.1, 0.15) is 19.8 Å². The number of hydrogen-bond donors (Lipinski definition) is 1. The number of fused-ring (bicyclic) bond motifs is 1. The zero-order valence-electron chi connectivity index (χ0n) is 19.5. The highest BCUT2D eigenvalue weighted by atomic mass is 32.2. The number of likely N-dealkylation sites (tertiary alicyclic amines) is 1. The lowest BCUT2D eigenvalue weighted by Crippen LogP contribution is -2.40. The quantitative estimate of drug-likeness (QED) is 0.424. The highest BCUT2D eigenvalue weighted by molar-refractivity contribution is 7.92. The third-order valence-electron chi connectivity index (χ3n) is 5.95. The molecule has 1 aromatic carbocycles. The number of carbonyl (C=O) groups excluding carboxylic acids is 1. The summed E-state index contributed by atoms with van der Waals surface area (Å²) in [5.74, 6) is 0.436. The van der Waals surface area contributed by atoms with Crippen LogP contribution in [0.3, 0.4) is 0 Å². The van der Waals surface area contributed by atoms with E-state index in [1.165, 1.54) is 24.7 Å². The number of amides is 1. The molecule has 0 radical (unpaired) electrons. The van der Waals surface area contributed by atoms with Gasteiger partial charge >= 0.3 is 0 Å². The molecule has 3 aromatic heterocycles. The zero-order chi connectivity index (χ0) is 25.1. The summed E-state index contributed by atoms with van der Waals surface area (Å²) in [6, 6.07) is 13.4. The molecule has 0 unspecified atom stereocenters. The summed E-state index contributed by atoms with van der Waals surface area (Å²) in [4.78, 5) is 31.1. The summed E-state index contributed by atoms with van der Waals surface area (Å²) < 4.78 is 34.1. The van der Waals surface area contributed by atoms with E-state index in [1.54, 1.807) is 48.4 Å². The Labute approximate surface area is 208 Å². The molecule has 1 fully saturated rings. The number of benzene rings is 1. The summed E-state index contributed by atoms with van der Waals surface area (Å²) >= 11 is 0. The zero-order valence-corrected chi connectivity index (χ0v) is 20.4. The molecule has 0 bridgehead atoms. The van der Waals surface area contributed by atoms with Crippen molar-refractivity contribution in [2.24, 2.45) is 0 Å². The highest BCUT2D eigenvalue weighted by Gasteiger charge is 2.23. The number of rotatable bonds is 6. The molecule has 1 amide bonds. The molecule has 4 aromatic rings. The van der Waals surface area contributed by atoms with Crippen molar-refractivity contribution in [2.75, 3.05) is 17.8 Å². The molecule has 1 aliphatic rings. The van der Waals surface area contributed by atoms with Crippen LogP contribution in [0.4, 0.5) is 5.69 Å². The maximum Gasteiger partial charge on any atom is 0.261 e. The van der Waals surface area contributed by atoms with Gasteiger partial charge in [0, 0.05) is 44.6 Å². The van der Waals surface area contributed by atoms with Crippen LogP contribution in [0.2, 0.25) is 0 Å². The van der Waals surface area contributed by atoms with Gasteiger partial charge in [-0.25, -0.2) is 18.4 Å². The molecule has 1 aliphatic heterocycles. The average molecular weight is 505 g/mol. The van der Waals surface area contributed by atoms with E-state index < -0.39 is 10.0 Å². The topological polar surface area (TPSA) is 127 Å². The van der Waals surface area contributed by atoms with Gasteiger partial charge in [-0.15, -0.1) is 0 Å². The number of carbonyl (C=O) groups is 1. The Kier molecular flexibility index (Phi) is 6.47. The molecular formula is C25H24N6O4S. The van der Waals surface area contributed by atoms with E-state index in [2.05, 4.69) is 19.7 Å². The fourth-order valence-corrected chi connectivity index (χ4v) is 5.12. The van der Waals surface area contributed by atoms with Crippen LogP contribution in [0, 0.1) is 0 Å². The second kappa shape index (κ2) is 9.86. The minimum atomic E-state index is -3.75. The van der Waals surface area contributed by atoms with Gasteiger partial charge in [0.05, 0.1) is 28.0 Å². The minimum Gasteiger partial charge on any atom is -0.473 e. The third kappa shape index (κ3) is 5.10. The first-order valence-electron chi connectivity index (χ1n) is 11.5. The summed E-state index contributed by atoms with van der Waals surface area (Å²) in [6.07, 6.45) is 5.81. The van der Waals surface area contributed by atoms with E-state index in [0.29, 0.717) is 59.8 Å². The Morgan fingerprint density at radius 2 is 1.83 bits per heavy atom. The first kappa shape index (κ1) is 23.6. The molecule has 0 saturated carbocycles. The number of pyridine rings is 2. The van der Waals surface area contributed by atoms with Gasteiger partial charge in [0.15, 0.2) is 5.52 Å². The summed E-state index contributed by atoms with van der Waals surface area (Å²) in [5.41, 5.74) is 2.63. The molecule has 36 heavy (non-hydrogen) atoms. The molecule has 4 heterocycles. The number of anilines is 1. The van der Waals surface area contributed by atoms with E-state index >= 15 is 0 Å². The molecule has 184 valence electrons. The number of nitrogens with one attached hydrogen (secondary N) is 1. The fourth-order valence-electron chi connectivity index (χ4n) is 4.06. The van der Waals surface area contributed by atoms with Crippen LogP contribution in [-0.2, 0) is 14.8 Å². The molecule has 10 nitrogen and oxygen atoms in total. The lowest BCUT2D eigenvalue weighted by Gasteiger charge is -2.31. The van der Waals surface area contributed by atoms with Crippen molar-refractivity contribution in [3.8, 4) is 17.1 Å². The van der Waals surface area contributed by atoms with Crippen molar-refractivity contribution >= 4 is 32.7 Å². The predicted octanol–water partition coefficient (Wildman–Crippen LogP) is 3.28. The fraction of sp³-hybridized carbons (Fsp3) is 0.240. The molecule has 11 heteroatoms. The van der Waals surface area contributed by atoms with Crippen molar-refractivity contribution in [2.45, 2.75) is 30.8 Å². The van der Waals surface area contributed by atoms with Gasteiger partial charge in [0.2, 0.25) is 11.8 Å². The molecule has 5 rings (SSSR count). The Hall–Kier alpha value is -4.12. The summed E-state index contributed by atoms with van der Waals surface area (Å²) in [5, 5.41) is 0. The van der Waals surface area contributed by atoms with Crippen LogP contribution < -0.4 is 9.46 Å². The van der Waals surface area contributed by atoms with Gasteiger partial charge in [-0.05, 0) is 30.3 Å². The second-order valence-electron chi connectivity index (χ2n) is 8.45. The number of piperidine rings is 1. The molecule has 1 N–H and O–H groups in total. The molecule has 0 atom stereocenters. The molecular weight excluding hydrogens is 480 g/mol. The number of ether oxygens (including phenoxy) is 1. The largest absolute Gasteiger partial charge is 0.473 e. The maximum atomic E-state index is 12.7. The molecule has 0 spiro atoms. The second-order valence-corrected chi connectivity index (χ2v) is 10.1. The van der Waals surface area contributed by atoms with Gasteiger partial charge in [-0.3, -0.25) is 14.5 Å². The Bertz CT molecular complexity index is 1510. The SMILES string of the molecule is CC(=O)N1CCC(Oc2ncnc3ccc(-c4cncc(NS(=O)(=O)c5ccccc5)c4)nc23)CC1. The number of nitrogens with zero attached hydrogens (tertiary/aromatic N) is 5. The van der Waals surface area contributed by atoms with Crippen LogP contribution in [-0.4, -0.2) is 58.4 Å². The van der Waals surface area contributed by atoms with Crippen molar-refractivity contribution in [3.05, 3.63) is 67.3 Å². The van der Waals surface area contributed by atoms with E-state index in [0.717, 1.165) is 0 Å². The van der Waals surface area contributed by atoms with E-state index in [4.69, 9.17) is 9.72 Å².